The molecule has 3 fully saturated rings. The topological polar surface area (TPSA) is 110 Å². The van der Waals surface area contributed by atoms with Gasteiger partial charge in [-0.2, -0.15) is 31.6 Å². The number of urea groups is 2. The van der Waals surface area contributed by atoms with Crippen LogP contribution in [0.1, 0.15) is 23.1 Å². The van der Waals surface area contributed by atoms with Gasteiger partial charge < -0.3 is 15.1 Å². The molecule has 5 amide bonds. The van der Waals surface area contributed by atoms with E-state index in [2.05, 4.69) is 10.3 Å². The Hall–Kier alpha value is -4.87. The number of alkyl halides is 6. The van der Waals surface area contributed by atoms with E-state index in [1.54, 1.807) is 12.1 Å². The Labute approximate surface area is 226 Å². The van der Waals surface area contributed by atoms with Gasteiger partial charge in [0.15, 0.2) is 0 Å². The maximum atomic E-state index is 13.6. The van der Waals surface area contributed by atoms with Crippen molar-refractivity contribution in [3.63, 3.8) is 0 Å². The molecule has 6 rings (SSSR count). The number of nitrogens with zero attached hydrogens (tertiary/aromatic N) is 5. The molecule has 3 aliphatic heterocycles. The van der Waals surface area contributed by atoms with Gasteiger partial charge in [-0.15, -0.1) is 0 Å². The number of aromatic nitrogens is 1. The van der Waals surface area contributed by atoms with Gasteiger partial charge in [-0.3, -0.25) is 9.78 Å². The number of carbonyl (C=O) groups is 3. The van der Waals surface area contributed by atoms with Crippen LogP contribution in [0.15, 0.2) is 48.7 Å². The van der Waals surface area contributed by atoms with Gasteiger partial charge in [-0.1, -0.05) is 0 Å². The minimum absolute atomic E-state index is 0.0505. The van der Waals surface area contributed by atoms with Crippen molar-refractivity contribution >= 4 is 40.2 Å². The molecule has 3 saturated heterocycles. The summed E-state index contributed by atoms with van der Waals surface area (Å²) in [6, 6.07) is 4.55. The third-order valence-corrected chi connectivity index (χ3v) is 7.47. The first-order valence-electron chi connectivity index (χ1n) is 12.1. The van der Waals surface area contributed by atoms with Crippen molar-refractivity contribution in [2.45, 2.75) is 36.9 Å². The van der Waals surface area contributed by atoms with Gasteiger partial charge in [0.2, 0.25) is 0 Å². The number of rotatable bonds is 2. The lowest BCUT2D eigenvalue weighted by atomic mass is 10.1. The fourth-order valence-electron chi connectivity index (χ4n) is 5.78. The van der Waals surface area contributed by atoms with Crippen LogP contribution >= 0.6 is 0 Å². The van der Waals surface area contributed by atoms with Crippen molar-refractivity contribution in [1.82, 2.24) is 14.8 Å². The molecule has 1 N–H and O–H groups in total. The predicted molar refractivity (Wildman–Crippen MR) is 129 cm³/mol. The molecule has 210 valence electrons. The number of nitrogens with one attached hydrogen (secondary N) is 1. The Kier molecular flexibility index (Phi) is 5.67. The Morgan fingerprint density at radius 1 is 1.02 bits per heavy atom. The maximum Gasteiger partial charge on any atom is 0.416 e. The van der Waals surface area contributed by atoms with E-state index < -0.39 is 65.3 Å². The van der Waals surface area contributed by atoms with E-state index in [-0.39, 0.29) is 35.8 Å². The van der Waals surface area contributed by atoms with E-state index in [0.29, 0.717) is 17.5 Å². The number of anilines is 2. The first-order valence-corrected chi connectivity index (χ1v) is 12.1. The lowest BCUT2D eigenvalue weighted by Crippen LogP contribution is -2.55. The molecule has 41 heavy (non-hydrogen) atoms. The molecule has 0 aliphatic carbocycles. The van der Waals surface area contributed by atoms with E-state index >= 15 is 0 Å². The van der Waals surface area contributed by atoms with Gasteiger partial charge in [0.05, 0.1) is 40.0 Å². The number of imide groups is 1. The average Bonchev–Trinajstić information content (AvgIpc) is 3.58. The molecule has 3 aromatic rings. The molecule has 3 aliphatic rings. The number of hydrogen-bond acceptors (Lipinski definition) is 5. The summed E-state index contributed by atoms with van der Waals surface area (Å²) in [6.07, 6.45) is -8.54. The van der Waals surface area contributed by atoms with Crippen LogP contribution in [0.4, 0.5) is 47.3 Å². The van der Waals surface area contributed by atoms with Crippen LogP contribution in [-0.2, 0) is 17.1 Å². The molecule has 4 heterocycles. The molecule has 2 aromatic carbocycles. The second-order valence-electron chi connectivity index (χ2n) is 9.79. The van der Waals surface area contributed by atoms with Crippen LogP contribution in [0, 0.1) is 11.3 Å². The van der Waals surface area contributed by atoms with Gasteiger partial charge in [0.1, 0.15) is 12.1 Å². The number of hydrogen-bond donors (Lipinski definition) is 1. The fraction of sp³-hybridized carbons (Fsp3) is 0.269. The highest BCUT2D eigenvalue weighted by molar-refractivity contribution is 6.25. The lowest BCUT2D eigenvalue weighted by molar-refractivity contribution is -0.143. The summed E-state index contributed by atoms with van der Waals surface area (Å²) in [6.45, 7) is -0.0827. The Balaban J connectivity index is 1.29. The summed E-state index contributed by atoms with van der Waals surface area (Å²) < 4.78 is 79.5. The third kappa shape index (κ3) is 4.09. The number of benzene rings is 2. The van der Waals surface area contributed by atoms with E-state index in [4.69, 9.17) is 0 Å². The summed E-state index contributed by atoms with van der Waals surface area (Å²) >= 11 is 0. The fourth-order valence-corrected chi connectivity index (χ4v) is 5.78. The molecule has 2 bridgehead atoms. The SMILES string of the molecule is N#Cc1ccc(N2C(=O)[C@@H]3C4C[C@H](CN4C(=O)Nc4cc(C(F)(F)F)cc(C(F)(F)F)c4)N3C2=O)c2cccnc12. The monoisotopic (exact) mass is 574 g/mol. The number of likely N-dealkylation sites (tertiary alicyclic amines) is 1. The number of pyridine rings is 1. The number of fused-ring (bicyclic) bond motifs is 6. The minimum Gasteiger partial charge on any atom is -0.317 e. The van der Waals surface area contributed by atoms with Crippen LogP contribution in [0.3, 0.4) is 0 Å². The first kappa shape index (κ1) is 26.4. The zero-order valence-electron chi connectivity index (χ0n) is 20.5. The number of piperazine rings is 1. The van der Waals surface area contributed by atoms with E-state index in [1.807, 2.05) is 6.07 Å². The first-order chi connectivity index (χ1) is 19.3. The Bertz CT molecular complexity index is 1650. The number of carbonyl (C=O) groups excluding carboxylic acids is 3. The summed E-state index contributed by atoms with van der Waals surface area (Å²) in [4.78, 5) is 47.7. The highest BCUT2D eigenvalue weighted by Crippen LogP contribution is 2.44. The maximum absolute atomic E-state index is 13.6. The van der Waals surface area contributed by atoms with Crippen molar-refractivity contribution in [1.29, 1.82) is 5.26 Å². The van der Waals surface area contributed by atoms with Gasteiger partial charge in [-0.05, 0) is 48.9 Å². The molecule has 1 unspecified atom stereocenters. The van der Waals surface area contributed by atoms with Crippen molar-refractivity contribution in [3.8, 4) is 6.07 Å². The summed E-state index contributed by atoms with van der Waals surface area (Å²) in [5.41, 5.74) is -3.20. The smallest absolute Gasteiger partial charge is 0.317 e. The van der Waals surface area contributed by atoms with Crippen LogP contribution < -0.4 is 10.2 Å². The summed E-state index contributed by atoms with van der Waals surface area (Å²) in [7, 11) is 0. The predicted octanol–water partition coefficient (Wildman–Crippen LogP) is 4.97. The van der Waals surface area contributed by atoms with Gasteiger partial charge in [-0.25, -0.2) is 14.5 Å². The van der Waals surface area contributed by atoms with Crippen LogP contribution in [0.2, 0.25) is 0 Å². The Morgan fingerprint density at radius 2 is 1.71 bits per heavy atom. The van der Waals surface area contributed by atoms with E-state index in [0.717, 1.165) is 9.80 Å². The summed E-state index contributed by atoms with van der Waals surface area (Å²) in [5, 5.41) is 11.9. The third-order valence-electron chi connectivity index (χ3n) is 7.47. The molecule has 0 radical (unpaired) electrons. The molecule has 0 spiro atoms. The minimum atomic E-state index is -5.10. The van der Waals surface area contributed by atoms with Crippen molar-refractivity contribution in [2.24, 2.45) is 0 Å². The average molecular weight is 574 g/mol. The molecule has 1 aromatic heterocycles. The normalized spacial score (nSPS) is 22.0. The van der Waals surface area contributed by atoms with Crippen LogP contribution in [-0.4, -0.2) is 57.4 Å². The molecule has 9 nitrogen and oxygen atoms in total. The van der Waals surface area contributed by atoms with Gasteiger partial charge >= 0.3 is 24.4 Å². The second kappa shape index (κ2) is 8.82. The number of nitriles is 1. The highest BCUT2D eigenvalue weighted by Gasteiger charge is 2.63. The highest BCUT2D eigenvalue weighted by atomic mass is 19.4. The zero-order valence-corrected chi connectivity index (χ0v) is 20.5. The molecular formula is C26H16F6N6O3. The number of halogens is 6. The van der Waals surface area contributed by atoms with Gasteiger partial charge in [0.25, 0.3) is 5.91 Å². The van der Waals surface area contributed by atoms with Crippen molar-refractivity contribution in [2.75, 3.05) is 16.8 Å². The molecule has 3 atom stereocenters. The largest absolute Gasteiger partial charge is 0.416 e. The molecular weight excluding hydrogens is 558 g/mol. The molecule has 0 saturated carbocycles. The van der Waals surface area contributed by atoms with Crippen LogP contribution in [0.25, 0.3) is 10.9 Å². The van der Waals surface area contributed by atoms with Crippen LogP contribution in [0.5, 0.6) is 0 Å². The second-order valence-corrected chi connectivity index (χ2v) is 9.79. The van der Waals surface area contributed by atoms with E-state index in [1.165, 1.54) is 23.2 Å². The standard InChI is InChI=1S/C26H16F6N6O3/c27-25(28,29)13-6-14(26(30,31)32)8-15(7-13)35-23(40)36-11-16-9-19(36)21-22(39)38(24(41)37(16)21)18-4-3-12(10-33)20-17(18)2-1-5-34-20/h1-8,16,19,21H,9,11H2,(H,35,40)/t16-,19?,21+/m1/s1. The Morgan fingerprint density at radius 3 is 2.34 bits per heavy atom. The van der Waals surface area contributed by atoms with E-state index in [9.17, 15) is 46.0 Å². The van der Waals surface area contributed by atoms with Crippen molar-refractivity contribution in [3.05, 3.63) is 65.4 Å². The zero-order chi connectivity index (χ0) is 29.4. The lowest BCUT2D eigenvalue weighted by Gasteiger charge is -2.34. The van der Waals surface area contributed by atoms with Gasteiger partial charge in [0, 0.05) is 23.8 Å². The number of amides is 5. The van der Waals surface area contributed by atoms with Crippen molar-refractivity contribution < 1.29 is 40.7 Å². The quantitative estimate of drug-likeness (QED) is 0.344. The molecule has 15 heteroatoms. The summed E-state index contributed by atoms with van der Waals surface area (Å²) in [5.74, 6) is -0.659.